The van der Waals surface area contributed by atoms with Crippen LogP contribution in [0.4, 0.5) is 4.39 Å². The number of nitrogens with two attached hydrogens (primary N) is 1. The molecule has 2 N–H and O–H groups in total. The zero-order chi connectivity index (χ0) is 13.0. The molecule has 0 aliphatic rings. The van der Waals surface area contributed by atoms with Gasteiger partial charge in [0.1, 0.15) is 12.4 Å². The van der Waals surface area contributed by atoms with Gasteiger partial charge >= 0.3 is 0 Å². The molecule has 1 amide bonds. The number of carbonyl (C=O) groups is 1. The first kappa shape index (κ1) is 13.0. The summed E-state index contributed by atoms with van der Waals surface area (Å²) in [5.41, 5.74) is 6.38. The molecule has 0 saturated carbocycles. The summed E-state index contributed by atoms with van der Waals surface area (Å²) in [6, 6.07) is 5.01. The van der Waals surface area contributed by atoms with Crippen molar-refractivity contribution >= 4 is 16.8 Å². The van der Waals surface area contributed by atoms with Crippen LogP contribution in [0.3, 0.4) is 0 Å². The zero-order valence-electron chi connectivity index (χ0n) is 9.74. The van der Waals surface area contributed by atoms with E-state index in [-0.39, 0.29) is 12.4 Å². The monoisotopic (exact) mass is 234 g/mol. The Morgan fingerprint density at radius 1 is 1.47 bits per heavy atom. The number of halogens is 1. The fraction of sp³-hybridized carbons (Fsp3) is 0.154. The molecule has 0 fully saturated rings. The Balaban J connectivity index is 0.000000686. The van der Waals surface area contributed by atoms with Crippen molar-refractivity contribution in [3.05, 3.63) is 48.9 Å². The first-order valence-corrected chi connectivity index (χ1v) is 5.11. The molecule has 0 spiro atoms. The van der Waals surface area contributed by atoms with E-state index in [1.807, 2.05) is 6.07 Å². The Labute approximate surface area is 99.3 Å². The van der Waals surface area contributed by atoms with Gasteiger partial charge in [0.2, 0.25) is 5.91 Å². The summed E-state index contributed by atoms with van der Waals surface area (Å²) in [7, 11) is 0. The maximum Gasteiger partial charge on any atom is 0.237 e. The van der Waals surface area contributed by atoms with Gasteiger partial charge in [-0.05, 0) is 30.7 Å². The Morgan fingerprint density at radius 2 is 2.12 bits per heavy atom. The molecule has 0 atom stereocenters. The minimum Gasteiger partial charge on any atom is -0.368 e. The quantitative estimate of drug-likeness (QED) is 0.797. The molecule has 3 nitrogen and oxygen atoms in total. The molecule has 0 aliphatic heterocycles. The van der Waals surface area contributed by atoms with E-state index in [0.717, 1.165) is 5.39 Å². The molecule has 2 rings (SSSR count). The maximum absolute atomic E-state index is 13.3. The van der Waals surface area contributed by atoms with Crippen molar-refractivity contribution in [2.45, 2.75) is 13.5 Å². The lowest BCUT2D eigenvalue weighted by molar-refractivity contribution is -0.118. The summed E-state index contributed by atoms with van der Waals surface area (Å²) in [4.78, 5) is 10.8. The van der Waals surface area contributed by atoms with E-state index in [1.165, 1.54) is 6.07 Å². The Hall–Kier alpha value is -2.10. The average molecular weight is 234 g/mol. The van der Waals surface area contributed by atoms with Crippen LogP contribution < -0.4 is 5.73 Å². The van der Waals surface area contributed by atoms with E-state index in [2.05, 4.69) is 13.2 Å². The van der Waals surface area contributed by atoms with E-state index >= 15 is 0 Å². The SMILES string of the molecule is C=C.Cc1cc2ccn(CC(N)=O)c2cc1F. The number of benzene rings is 1. The first-order valence-electron chi connectivity index (χ1n) is 5.11. The molecule has 0 radical (unpaired) electrons. The lowest BCUT2D eigenvalue weighted by Crippen LogP contribution is -2.17. The molecule has 1 heterocycles. The summed E-state index contributed by atoms with van der Waals surface area (Å²) in [6.45, 7) is 7.78. The van der Waals surface area contributed by atoms with E-state index in [4.69, 9.17) is 5.73 Å². The second kappa shape index (κ2) is 5.30. The molecule has 0 unspecified atom stereocenters. The molecule has 0 aliphatic carbocycles. The van der Waals surface area contributed by atoms with Crippen LogP contribution in [0.25, 0.3) is 10.9 Å². The normalized spacial score (nSPS) is 9.76. The van der Waals surface area contributed by atoms with Gasteiger partial charge in [-0.2, -0.15) is 0 Å². The van der Waals surface area contributed by atoms with Crippen molar-refractivity contribution in [3.63, 3.8) is 0 Å². The topological polar surface area (TPSA) is 48.0 Å². The molecule has 2 aromatic rings. The number of hydrogen-bond acceptors (Lipinski definition) is 1. The summed E-state index contributed by atoms with van der Waals surface area (Å²) < 4.78 is 15.0. The van der Waals surface area contributed by atoms with Crippen LogP contribution in [0.15, 0.2) is 37.6 Å². The lowest BCUT2D eigenvalue weighted by Gasteiger charge is -2.03. The number of aromatic nitrogens is 1. The number of carbonyl (C=O) groups excluding carboxylic acids is 1. The van der Waals surface area contributed by atoms with Crippen molar-refractivity contribution < 1.29 is 9.18 Å². The number of aryl methyl sites for hydroxylation is 1. The second-order valence-corrected chi connectivity index (χ2v) is 3.57. The highest BCUT2D eigenvalue weighted by Gasteiger charge is 2.06. The van der Waals surface area contributed by atoms with E-state index in [1.54, 1.807) is 23.8 Å². The third-order valence-corrected chi connectivity index (χ3v) is 2.38. The van der Waals surface area contributed by atoms with E-state index < -0.39 is 5.91 Å². The van der Waals surface area contributed by atoms with Gasteiger partial charge in [0.15, 0.2) is 0 Å². The lowest BCUT2D eigenvalue weighted by atomic mass is 10.2. The number of rotatable bonds is 2. The Bertz CT molecular complexity index is 546. The zero-order valence-corrected chi connectivity index (χ0v) is 9.74. The third kappa shape index (κ3) is 2.72. The highest BCUT2D eigenvalue weighted by molar-refractivity contribution is 5.83. The van der Waals surface area contributed by atoms with E-state index in [9.17, 15) is 9.18 Å². The molecular weight excluding hydrogens is 219 g/mol. The van der Waals surface area contributed by atoms with Gasteiger partial charge in [-0.15, -0.1) is 13.2 Å². The maximum atomic E-state index is 13.3. The van der Waals surface area contributed by atoms with Gasteiger partial charge in [-0.25, -0.2) is 4.39 Å². The van der Waals surface area contributed by atoms with Crippen LogP contribution in [0.2, 0.25) is 0 Å². The number of fused-ring (bicyclic) bond motifs is 1. The van der Waals surface area contributed by atoms with Crippen LogP contribution in [0.1, 0.15) is 5.56 Å². The van der Waals surface area contributed by atoms with Crippen LogP contribution in [0.5, 0.6) is 0 Å². The number of primary amides is 1. The number of amides is 1. The van der Waals surface area contributed by atoms with Crippen LogP contribution in [-0.2, 0) is 11.3 Å². The fourth-order valence-electron chi connectivity index (χ4n) is 1.63. The van der Waals surface area contributed by atoms with Crippen LogP contribution in [0, 0.1) is 12.7 Å². The molecule has 1 aromatic heterocycles. The van der Waals surface area contributed by atoms with Crippen molar-refractivity contribution in [2.24, 2.45) is 5.73 Å². The summed E-state index contributed by atoms with van der Waals surface area (Å²) in [6.07, 6.45) is 1.73. The predicted molar refractivity (Wildman–Crippen MR) is 67.1 cm³/mol. The highest BCUT2D eigenvalue weighted by Crippen LogP contribution is 2.19. The van der Waals surface area contributed by atoms with Crippen molar-refractivity contribution in [3.8, 4) is 0 Å². The first-order chi connectivity index (χ1) is 8.08. The fourth-order valence-corrected chi connectivity index (χ4v) is 1.63. The van der Waals surface area contributed by atoms with Crippen molar-refractivity contribution in [1.82, 2.24) is 4.57 Å². The van der Waals surface area contributed by atoms with Crippen LogP contribution in [-0.4, -0.2) is 10.5 Å². The minimum absolute atomic E-state index is 0.0754. The molecule has 17 heavy (non-hydrogen) atoms. The smallest absolute Gasteiger partial charge is 0.237 e. The molecule has 0 bridgehead atoms. The van der Waals surface area contributed by atoms with Gasteiger partial charge in [-0.1, -0.05) is 0 Å². The average Bonchev–Trinajstić information content (AvgIpc) is 2.64. The predicted octanol–water partition coefficient (Wildman–Crippen LogP) is 2.38. The Kier molecular flexibility index (Phi) is 4.04. The summed E-state index contributed by atoms with van der Waals surface area (Å²) in [5.74, 6) is -0.708. The molecule has 90 valence electrons. The van der Waals surface area contributed by atoms with Crippen molar-refractivity contribution in [1.29, 1.82) is 0 Å². The summed E-state index contributed by atoms with van der Waals surface area (Å²) in [5, 5.41) is 0.912. The van der Waals surface area contributed by atoms with Gasteiger partial charge in [-0.3, -0.25) is 4.79 Å². The van der Waals surface area contributed by atoms with Gasteiger partial charge < -0.3 is 10.3 Å². The number of nitrogens with zero attached hydrogens (tertiary/aromatic N) is 1. The van der Waals surface area contributed by atoms with Gasteiger partial charge in [0.05, 0.1) is 5.52 Å². The molecule has 1 aromatic carbocycles. The largest absolute Gasteiger partial charge is 0.368 e. The summed E-state index contributed by atoms with van der Waals surface area (Å²) >= 11 is 0. The number of hydrogen-bond donors (Lipinski definition) is 1. The molecule has 0 saturated heterocycles. The molecular formula is C13H15FN2O. The third-order valence-electron chi connectivity index (χ3n) is 2.38. The van der Waals surface area contributed by atoms with Gasteiger partial charge in [0, 0.05) is 11.6 Å². The standard InChI is InChI=1S/C11H11FN2O.C2H4/c1-7-4-8-2-3-14(6-11(13)15)10(8)5-9(7)12;1-2/h2-5H,6H2,1H3,(H2,13,15);1-2H2. The highest BCUT2D eigenvalue weighted by atomic mass is 19.1. The van der Waals surface area contributed by atoms with Gasteiger partial charge in [0.25, 0.3) is 0 Å². The van der Waals surface area contributed by atoms with Crippen molar-refractivity contribution in [2.75, 3.05) is 0 Å². The van der Waals surface area contributed by atoms with E-state index in [0.29, 0.717) is 11.1 Å². The minimum atomic E-state index is -0.437. The molecule has 4 heteroatoms. The Morgan fingerprint density at radius 3 is 2.71 bits per heavy atom. The van der Waals surface area contributed by atoms with Crippen LogP contribution >= 0.6 is 0 Å². The second-order valence-electron chi connectivity index (χ2n) is 3.57.